The highest BCUT2D eigenvalue weighted by atomic mass is 16.5. The summed E-state index contributed by atoms with van der Waals surface area (Å²) < 4.78 is 5.19. The second kappa shape index (κ2) is 4.11. The third-order valence-electron chi connectivity index (χ3n) is 2.83. The Morgan fingerprint density at radius 3 is 2.73 bits per heavy atom. The zero-order valence-electron chi connectivity index (χ0n) is 9.36. The van der Waals surface area contributed by atoms with E-state index in [0.717, 1.165) is 24.0 Å². The maximum absolute atomic E-state index is 5.80. The van der Waals surface area contributed by atoms with E-state index in [0.29, 0.717) is 0 Å². The van der Waals surface area contributed by atoms with E-state index in [1.54, 1.807) is 7.11 Å². The van der Waals surface area contributed by atoms with Crippen molar-refractivity contribution >= 4 is 5.69 Å². The molecule has 1 fully saturated rings. The Hall–Kier alpha value is -1.22. The molecule has 1 aliphatic rings. The van der Waals surface area contributed by atoms with Crippen molar-refractivity contribution < 1.29 is 4.74 Å². The van der Waals surface area contributed by atoms with Crippen LogP contribution >= 0.6 is 0 Å². The Morgan fingerprint density at radius 2 is 2.13 bits per heavy atom. The fourth-order valence-corrected chi connectivity index (χ4v) is 1.83. The SMILES string of the molecule is COc1cc(N)cc(CN(C)C2CC2)c1. The van der Waals surface area contributed by atoms with Gasteiger partial charge in [-0.05, 0) is 37.6 Å². The van der Waals surface area contributed by atoms with E-state index in [-0.39, 0.29) is 0 Å². The van der Waals surface area contributed by atoms with Crippen LogP contribution in [0.4, 0.5) is 5.69 Å². The molecule has 1 saturated carbocycles. The predicted molar refractivity (Wildman–Crippen MR) is 61.9 cm³/mol. The number of benzene rings is 1. The van der Waals surface area contributed by atoms with E-state index in [1.807, 2.05) is 12.1 Å². The lowest BCUT2D eigenvalue weighted by Gasteiger charge is -2.16. The van der Waals surface area contributed by atoms with Crippen LogP contribution in [0.3, 0.4) is 0 Å². The van der Waals surface area contributed by atoms with Gasteiger partial charge in [0.1, 0.15) is 5.75 Å². The van der Waals surface area contributed by atoms with Crippen LogP contribution in [-0.4, -0.2) is 25.1 Å². The third kappa shape index (κ3) is 2.63. The summed E-state index contributed by atoms with van der Waals surface area (Å²) in [4.78, 5) is 2.37. The van der Waals surface area contributed by atoms with Crippen molar-refractivity contribution in [2.45, 2.75) is 25.4 Å². The molecular weight excluding hydrogens is 188 g/mol. The number of hydrogen-bond acceptors (Lipinski definition) is 3. The number of methoxy groups -OCH3 is 1. The van der Waals surface area contributed by atoms with Gasteiger partial charge in [-0.25, -0.2) is 0 Å². The van der Waals surface area contributed by atoms with Gasteiger partial charge in [-0.2, -0.15) is 0 Å². The lowest BCUT2D eigenvalue weighted by atomic mass is 10.2. The molecule has 3 nitrogen and oxygen atoms in total. The minimum atomic E-state index is 0.772. The Kier molecular flexibility index (Phi) is 2.82. The van der Waals surface area contributed by atoms with E-state index >= 15 is 0 Å². The van der Waals surface area contributed by atoms with Crippen LogP contribution in [-0.2, 0) is 6.54 Å². The molecule has 0 bridgehead atoms. The summed E-state index contributed by atoms with van der Waals surface area (Å²) in [5.74, 6) is 0.842. The van der Waals surface area contributed by atoms with Crippen molar-refractivity contribution in [1.29, 1.82) is 0 Å². The normalized spacial score (nSPS) is 15.7. The Labute approximate surface area is 90.8 Å². The van der Waals surface area contributed by atoms with Crippen LogP contribution in [0.15, 0.2) is 18.2 Å². The van der Waals surface area contributed by atoms with Crippen LogP contribution in [0.25, 0.3) is 0 Å². The van der Waals surface area contributed by atoms with Crippen molar-refractivity contribution in [3.05, 3.63) is 23.8 Å². The van der Waals surface area contributed by atoms with E-state index in [2.05, 4.69) is 18.0 Å². The van der Waals surface area contributed by atoms with E-state index in [4.69, 9.17) is 10.5 Å². The van der Waals surface area contributed by atoms with Gasteiger partial charge in [-0.1, -0.05) is 0 Å². The molecule has 82 valence electrons. The number of nitrogens with two attached hydrogens (primary N) is 1. The Bertz CT molecular complexity index is 347. The van der Waals surface area contributed by atoms with Gasteiger partial charge in [-0.3, -0.25) is 4.90 Å². The molecule has 0 radical (unpaired) electrons. The molecule has 0 unspecified atom stereocenters. The summed E-state index contributed by atoms with van der Waals surface area (Å²) in [6, 6.07) is 6.69. The topological polar surface area (TPSA) is 38.5 Å². The predicted octanol–water partition coefficient (Wildman–Crippen LogP) is 1.87. The largest absolute Gasteiger partial charge is 0.497 e. The summed E-state index contributed by atoms with van der Waals surface area (Å²) in [5, 5.41) is 0. The fourth-order valence-electron chi connectivity index (χ4n) is 1.83. The van der Waals surface area contributed by atoms with Crippen LogP contribution < -0.4 is 10.5 Å². The molecule has 3 heteroatoms. The minimum absolute atomic E-state index is 0.772. The lowest BCUT2D eigenvalue weighted by Crippen LogP contribution is -2.19. The number of anilines is 1. The van der Waals surface area contributed by atoms with Gasteiger partial charge in [0.25, 0.3) is 0 Å². The zero-order chi connectivity index (χ0) is 10.8. The summed E-state index contributed by atoms with van der Waals surface area (Å²) >= 11 is 0. The molecule has 0 heterocycles. The van der Waals surface area contributed by atoms with E-state index in [9.17, 15) is 0 Å². The van der Waals surface area contributed by atoms with Crippen molar-refractivity contribution in [1.82, 2.24) is 4.90 Å². The maximum Gasteiger partial charge on any atom is 0.121 e. The molecule has 0 aliphatic heterocycles. The van der Waals surface area contributed by atoms with Crippen LogP contribution in [0.2, 0.25) is 0 Å². The highest BCUT2D eigenvalue weighted by Crippen LogP contribution is 2.28. The van der Waals surface area contributed by atoms with Gasteiger partial charge in [0.2, 0.25) is 0 Å². The zero-order valence-corrected chi connectivity index (χ0v) is 9.36. The van der Waals surface area contributed by atoms with Gasteiger partial charge < -0.3 is 10.5 Å². The molecular formula is C12H18N2O. The van der Waals surface area contributed by atoms with Crippen molar-refractivity contribution in [3.63, 3.8) is 0 Å². The van der Waals surface area contributed by atoms with Gasteiger partial charge >= 0.3 is 0 Å². The van der Waals surface area contributed by atoms with Crippen molar-refractivity contribution in [3.8, 4) is 5.75 Å². The first-order valence-electron chi connectivity index (χ1n) is 5.32. The highest BCUT2D eigenvalue weighted by Gasteiger charge is 2.25. The molecule has 0 atom stereocenters. The molecule has 0 spiro atoms. The van der Waals surface area contributed by atoms with Crippen LogP contribution in [0.5, 0.6) is 5.75 Å². The number of nitrogen functional groups attached to an aromatic ring is 1. The number of ether oxygens (including phenoxy) is 1. The smallest absolute Gasteiger partial charge is 0.121 e. The molecule has 1 aromatic rings. The fraction of sp³-hybridized carbons (Fsp3) is 0.500. The molecule has 0 amide bonds. The summed E-state index contributed by atoms with van der Waals surface area (Å²) in [5.41, 5.74) is 7.80. The monoisotopic (exact) mass is 206 g/mol. The van der Waals surface area contributed by atoms with Gasteiger partial charge in [0.05, 0.1) is 7.11 Å². The molecule has 15 heavy (non-hydrogen) atoms. The van der Waals surface area contributed by atoms with Gasteiger partial charge in [0.15, 0.2) is 0 Å². The highest BCUT2D eigenvalue weighted by molar-refractivity contribution is 5.47. The quantitative estimate of drug-likeness (QED) is 0.764. The molecule has 1 aromatic carbocycles. The van der Waals surface area contributed by atoms with E-state index in [1.165, 1.54) is 18.4 Å². The summed E-state index contributed by atoms with van der Waals surface area (Å²) in [6.07, 6.45) is 2.66. The van der Waals surface area contributed by atoms with Gasteiger partial charge in [0, 0.05) is 24.3 Å². The van der Waals surface area contributed by atoms with Crippen molar-refractivity contribution in [2.24, 2.45) is 0 Å². The first kappa shape index (κ1) is 10.3. The second-order valence-corrected chi connectivity index (χ2v) is 4.26. The number of nitrogens with zero attached hydrogens (tertiary/aromatic N) is 1. The van der Waals surface area contributed by atoms with Gasteiger partial charge in [-0.15, -0.1) is 0 Å². The Morgan fingerprint density at radius 1 is 1.40 bits per heavy atom. The van der Waals surface area contributed by atoms with Crippen LogP contribution in [0, 0.1) is 0 Å². The average Bonchev–Trinajstić information content (AvgIpc) is 2.99. The first-order valence-corrected chi connectivity index (χ1v) is 5.32. The maximum atomic E-state index is 5.80. The van der Waals surface area contributed by atoms with Crippen molar-refractivity contribution in [2.75, 3.05) is 19.9 Å². The molecule has 0 aromatic heterocycles. The average molecular weight is 206 g/mol. The number of hydrogen-bond donors (Lipinski definition) is 1. The Balaban J connectivity index is 2.08. The summed E-state index contributed by atoms with van der Waals surface area (Å²) in [6.45, 7) is 0.950. The molecule has 2 N–H and O–H groups in total. The minimum Gasteiger partial charge on any atom is -0.497 e. The second-order valence-electron chi connectivity index (χ2n) is 4.26. The molecule has 2 rings (SSSR count). The van der Waals surface area contributed by atoms with Crippen LogP contribution in [0.1, 0.15) is 18.4 Å². The molecule has 0 saturated heterocycles. The summed E-state index contributed by atoms with van der Waals surface area (Å²) in [7, 11) is 3.83. The number of rotatable bonds is 4. The first-order chi connectivity index (χ1) is 7.19. The molecule has 1 aliphatic carbocycles. The third-order valence-corrected chi connectivity index (χ3v) is 2.83. The standard InChI is InChI=1S/C12H18N2O/c1-14(11-3-4-11)8-9-5-10(13)7-12(6-9)15-2/h5-7,11H,3-4,8,13H2,1-2H3. The lowest BCUT2D eigenvalue weighted by molar-refractivity contribution is 0.315. The van der Waals surface area contributed by atoms with E-state index < -0.39 is 0 Å².